The van der Waals surface area contributed by atoms with Crippen LogP contribution >= 0.6 is 0 Å². The van der Waals surface area contributed by atoms with Crippen LogP contribution in [0.4, 0.5) is 13.2 Å². The van der Waals surface area contributed by atoms with Gasteiger partial charge < -0.3 is 4.74 Å². The monoisotopic (exact) mass is 308 g/mol. The van der Waals surface area contributed by atoms with Crippen molar-refractivity contribution in [2.75, 3.05) is 13.2 Å². The van der Waals surface area contributed by atoms with Gasteiger partial charge in [-0.3, -0.25) is 18.7 Å². The number of hydrogen-bond acceptors (Lipinski definition) is 4. The van der Waals surface area contributed by atoms with E-state index in [0.717, 1.165) is 15.3 Å². The highest BCUT2D eigenvalue weighted by atomic mass is 19.4. The Labute approximate surface area is 117 Å². The second-order valence-electron chi connectivity index (χ2n) is 4.46. The molecule has 6 nitrogen and oxygen atoms in total. The minimum Gasteiger partial charge on any atom is -0.372 e. The summed E-state index contributed by atoms with van der Waals surface area (Å²) in [7, 11) is 1.23. The molecule has 9 heteroatoms. The zero-order valence-corrected chi connectivity index (χ0v) is 11.6. The van der Waals surface area contributed by atoms with Gasteiger partial charge >= 0.3 is 11.9 Å². The summed E-state index contributed by atoms with van der Waals surface area (Å²) in [5.41, 5.74) is -1.48. The summed E-state index contributed by atoms with van der Waals surface area (Å²) in [5, 5.41) is 0. The maximum Gasteiger partial charge on any atom is 0.411 e. The van der Waals surface area contributed by atoms with Crippen molar-refractivity contribution < 1.29 is 22.7 Å². The number of halogens is 3. The Hall–Kier alpha value is -1.90. The molecule has 1 aromatic rings. The largest absolute Gasteiger partial charge is 0.411 e. The molecular weight excluding hydrogens is 293 g/mol. The van der Waals surface area contributed by atoms with E-state index < -0.39 is 29.8 Å². The zero-order chi connectivity index (χ0) is 16.2. The van der Waals surface area contributed by atoms with Gasteiger partial charge in [0.05, 0.1) is 5.56 Å². The minimum atomic E-state index is -4.39. The molecule has 0 aromatic carbocycles. The Morgan fingerprint density at radius 3 is 2.48 bits per heavy atom. The topological polar surface area (TPSA) is 70.3 Å². The van der Waals surface area contributed by atoms with Crippen LogP contribution < -0.4 is 11.2 Å². The number of nitrogens with zero attached hydrogens (tertiary/aromatic N) is 2. The number of hydrogen-bond donors (Lipinski definition) is 0. The van der Waals surface area contributed by atoms with E-state index in [-0.39, 0.29) is 25.1 Å². The standard InChI is InChI=1S/C12H15F3N2O4/c1-8(18)9-6-17(11(20)16(2)10(9)19)4-3-5-21-7-12(13,14)15/h6H,3-5,7H2,1-2H3. The highest BCUT2D eigenvalue weighted by Crippen LogP contribution is 2.14. The molecule has 0 bridgehead atoms. The third-order valence-electron chi connectivity index (χ3n) is 2.69. The van der Waals surface area contributed by atoms with E-state index in [0.29, 0.717) is 0 Å². The average Bonchev–Trinajstić information content (AvgIpc) is 2.36. The van der Waals surface area contributed by atoms with Crippen molar-refractivity contribution in [3.05, 3.63) is 32.6 Å². The normalized spacial score (nSPS) is 11.7. The van der Waals surface area contributed by atoms with Gasteiger partial charge in [0.1, 0.15) is 6.61 Å². The minimum absolute atomic E-state index is 0.0467. The molecule has 0 fully saturated rings. The van der Waals surface area contributed by atoms with Crippen molar-refractivity contribution in [3.63, 3.8) is 0 Å². The number of carbonyl (C=O) groups is 1. The van der Waals surface area contributed by atoms with Crippen LogP contribution in [-0.4, -0.2) is 34.3 Å². The van der Waals surface area contributed by atoms with E-state index in [2.05, 4.69) is 4.74 Å². The molecule has 0 aliphatic heterocycles. The first-order valence-electron chi connectivity index (χ1n) is 6.09. The van der Waals surface area contributed by atoms with Gasteiger partial charge in [-0.2, -0.15) is 13.2 Å². The van der Waals surface area contributed by atoms with E-state index in [1.165, 1.54) is 14.0 Å². The van der Waals surface area contributed by atoms with Crippen LogP contribution in [-0.2, 0) is 18.3 Å². The summed E-state index contributed by atoms with van der Waals surface area (Å²) in [4.78, 5) is 34.7. The fraction of sp³-hybridized carbons (Fsp3) is 0.583. The molecule has 0 atom stereocenters. The van der Waals surface area contributed by atoms with Gasteiger partial charge in [0, 0.05) is 26.4 Å². The number of Topliss-reactive ketones (excluding diaryl/α,β-unsaturated/α-hetero) is 1. The van der Waals surface area contributed by atoms with Gasteiger partial charge in [0.2, 0.25) is 0 Å². The third-order valence-corrected chi connectivity index (χ3v) is 2.69. The molecule has 0 unspecified atom stereocenters. The van der Waals surface area contributed by atoms with E-state index in [4.69, 9.17) is 0 Å². The first-order chi connectivity index (χ1) is 9.63. The van der Waals surface area contributed by atoms with Crippen LogP contribution in [0.1, 0.15) is 23.7 Å². The quantitative estimate of drug-likeness (QED) is 0.573. The van der Waals surface area contributed by atoms with Crippen molar-refractivity contribution >= 4 is 5.78 Å². The smallest absolute Gasteiger partial charge is 0.372 e. The van der Waals surface area contributed by atoms with Gasteiger partial charge in [0.15, 0.2) is 5.78 Å². The molecular formula is C12H15F3N2O4. The second-order valence-corrected chi connectivity index (χ2v) is 4.46. The van der Waals surface area contributed by atoms with Crippen LogP contribution in [0.15, 0.2) is 15.8 Å². The van der Waals surface area contributed by atoms with Gasteiger partial charge in [-0.15, -0.1) is 0 Å². The van der Waals surface area contributed by atoms with Crippen LogP contribution in [0, 0.1) is 0 Å². The predicted octanol–water partition coefficient (Wildman–Crippen LogP) is 0.719. The first-order valence-corrected chi connectivity index (χ1v) is 6.09. The third kappa shape index (κ3) is 4.85. The van der Waals surface area contributed by atoms with Crippen molar-refractivity contribution in [2.24, 2.45) is 7.05 Å². The molecule has 0 radical (unpaired) electrons. The highest BCUT2D eigenvalue weighted by molar-refractivity contribution is 5.93. The fourth-order valence-electron chi connectivity index (χ4n) is 1.65. The van der Waals surface area contributed by atoms with Gasteiger partial charge in [0.25, 0.3) is 5.56 Å². The van der Waals surface area contributed by atoms with E-state index in [1.807, 2.05) is 0 Å². The van der Waals surface area contributed by atoms with Crippen LogP contribution in [0.25, 0.3) is 0 Å². The summed E-state index contributed by atoms with van der Waals surface area (Å²) in [6.45, 7) is -0.304. The number of ketones is 1. The highest BCUT2D eigenvalue weighted by Gasteiger charge is 2.27. The predicted molar refractivity (Wildman–Crippen MR) is 67.4 cm³/mol. The van der Waals surface area contributed by atoms with Gasteiger partial charge in [-0.05, 0) is 13.3 Å². The van der Waals surface area contributed by atoms with Crippen molar-refractivity contribution in [3.8, 4) is 0 Å². The molecule has 1 aromatic heterocycles. The van der Waals surface area contributed by atoms with Crippen LogP contribution in [0.3, 0.4) is 0 Å². The molecule has 21 heavy (non-hydrogen) atoms. The Balaban J connectivity index is 2.74. The lowest BCUT2D eigenvalue weighted by Gasteiger charge is -2.10. The molecule has 0 saturated carbocycles. The molecule has 0 spiro atoms. The Kier molecular flexibility index (Phi) is 5.47. The summed E-state index contributed by atoms with van der Waals surface area (Å²) in [6.07, 6.45) is -3.13. The van der Waals surface area contributed by atoms with E-state index in [1.54, 1.807) is 0 Å². The number of rotatable bonds is 6. The molecule has 1 rings (SSSR count). The molecule has 0 N–H and O–H groups in total. The summed E-state index contributed by atoms with van der Waals surface area (Å²) in [6, 6.07) is 0. The van der Waals surface area contributed by atoms with Gasteiger partial charge in [-0.25, -0.2) is 4.79 Å². The maximum absolute atomic E-state index is 11.9. The number of ether oxygens (including phenoxy) is 1. The maximum atomic E-state index is 11.9. The van der Waals surface area contributed by atoms with Crippen LogP contribution in [0.2, 0.25) is 0 Å². The summed E-state index contributed by atoms with van der Waals surface area (Å²) < 4.78 is 41.9. The Morgan fingerprint density at radius 2 is 1.95 bits per heavy atom. The SMILES string of the molecule is CC(=O)c1cn(CCCOCC(F)(F)F)c(=O)n(C)c1=O. The van der Waals surface area contributed by atoms with E-state index in [9.17, 15) is 27.6 Å². The summed E-state index contributed by atoms with van der Waals surface area (Å²) in [5.74, 6) is -0.488. The average molecular weight is 308 g/mol. The first kappa shape index (κ1) is 17.2. The van der Waals surface area contributed by atoms with E-state index >= 15 is 0 Å². The van der Waals surface area contributed by atoms with Crippen molar-refractivity contribution in [2.45, 2.75) is 26.1 Å². The molecule has 118 valence electrons. The molecule has 0 amide bonds. The van der Waals surface area contributed by atoms with Crippen molar-refractivity contribution in [1.82, 2.24) is 9.13 Å². The zero-order valence-electron chi connectivity index (χ0n) is 11.6. The molecule has 0 saturated heterocycles. The lowest BCUT2D eigenvalue weighted by Crippen LogP contribution is -2.40. The molecule has 0 aliphatic carbocycles. The van der Waals surface area contributed by atoms with Crippen LogP contribution in [0.5, 0.6) is 0 Å². The number of alkyl halides is 3. The van der Waals surface area contributed by atoms with Gasteiger partial charge in [-0.1, -0.05) is 0 Å². The molecule has 1 heterocycles. The summed E-state index contributed by atoms with van der Waals surface area (Å²) >= 11 is 0. The number of aryl methyl sites for hydroxylation is 1. The fourth-order valence-corrected chi connectivity index (χ4v) is 1.65. The number of aromatic nitrogens is 2. The molecule has 0 aliphatic rings. The lowest BCUT2D eigenvalue weighted by molar-refractivity contribution is -0.174. The second kappa shape index (κ2) is 6.70. The van der Waals surface area contributed by atoms with Crippen molar-refractivity contribution in [1.29, 1.82) is 0 Å². The lowest BCUT2D eigenvalue weighted by atomic mass is 10.2. The Bertz CT molecular complexity index is 631. The number of carbonyl (C=O) groups excluding carboxylic acids is 1. The Morgan fingerprint density at radius 1 is 1.33 bits per heavy atom.